The van der Waals surface area contributed by atoms with E-state index in [0.717, 1.165) is 24.2 Å². The smallest absolute Gasteiger partial charge is 0.304 e. The van der Waals surface area contributed by atoms with Crippen molar-refractivity contribution in [2.75, 3.05) is 6.61 Å². The van der Waals surface area contributed by atoms with Crippen LogP contribution in [0.2, 0.25) is 0 Å². The minimum absolute atomic E-state index is 0.0229. The Kier molecular flexibility index (Phi) is 7.39. The number of carboxylic acid groups (broad SMARTS) is 1. The summed E-state index contributed by atoms with van der Waals surface area (Å²) < 4.78 is 5.70. The molecule has 0 spiro atoms. The van der Waals surface area contributed by atoms with Crippen molar-refractivity contribution in [2.24, 2.45) is 5.92 Å². The SMILES string of the molecule is CC#C[C@H](CC(=O)O)c1ccc(OCC[C@@H](C)CC)cc1. The molecule has 0 fully saturated rings. The summed E-state index contributed by atoms with van der Waals surface area (Å²) >= 11 is 0. The number of aliphatic carboxylic acids is 1. The first-order chi connectivity index (χ1) is 10.1. The molecule has 0 bridgehead atoms. The summed E-state index contributed by atoms with van der Waals surface area (Å²) in [4.78, 5) is 10.9. The zero-order chi connectivity index (χ0) is 15.7. The molecule has 1 aromatic rings. The van der Waals surface area contributed by atoms with E-state index in [2.05, 4.69) is 25.7 Å². The van der Waals surface area contributed by atoms with Crippen LogP contribution in [0.4, 0.5) is 0 Å². The van der Waals surface area contributed by atoms with Crippen molar-refractivity contribution in [3.05, 3.63) is 29.8 Å². The van der Waals surface area contributed by atoms with Crippen molar-refractivity contribution in [2.45, 2.75) is 46.0 Å². The molecule has 0 aliphatic carbocycles. The number of carbonyl (C=O) groups is 1. The molecule has 0 aliphatic heterocycles. The van der Waals surface area contributed by atoms with E-state index in [1.807, 2.05) is 24.3 Å². The first-order valence-corrected chi connectivity index (χ1v) is 7.43. The minimum Gasteiger partial charge on any atom is -0.494 e. The Balaban J connectivity index is 2.62. The lowest BCUT2D eigenvalue weighted by atomic mass is 9.96. The minimum atomic E-state index is -0.836. The van der Waals surface area contributed by atoms with Gasteiger partial charge in [-0.2, -0.15) is 0 Å². The second-order valence-electron chi connectivity index (χ2n) is 5.26. The zero-order valence-electron chi connectivity index (χ0n) is 13.1. The van der Waals surface area contributed by atoms with Crippen molar-refractivity contribution in [1.82, 2.24) is 0 Å². The molecule has 1 aromatic carbocycles. The Labute approximate surface area is 127 Å². The normalized spacial score (nSPS) is 12.9. The van der Waals surface area contributed by atoms with Gasteiger partial charge in [0, 0.05) is 0 Å². The van der Waals surface area contributed by atoms with Crippen molar-refractivity contribution in [3.8, 4) is 17.6 Å². The summed E-state index contributed by atoms with van der Waals surface area (Å²) in [6.07, 6.45) is 2.23. The standard InChI is InChI=1S/C18H24O3/c1-4-6-16(13-18(19)20)15-7-9-17(10-8-15)21-12-11-14(3)5-2/h7-10,14,16H,5,11-13H2,1-3H3,(H,19,20)/t14-,16+/m0/s1. The molecule has 114 valence electrons. The molecule has 0 saturated carbocycles. The van der Waals surface area contributed by atoms with Gasteiger partial charge in [-0.1, -0.05) is 38.3 Å². The number of rotatable bonds is 8. The van der Waals surface area contributed by atoms with Gasteiger partial charge >= 0.3 is 5.97 Å². The summed E-state index contributed by atoms with van der Waals surface area (Å²) in [6, 6.07) is 7.57. The second kappa shape index (κ2) is 9.07. The predicted molar refractivity (Wildman–Crippen MR) is 84.5 cm³/mol. The first kappa shape index (κ1) is 17.1. The van der Waals surface area contributed by atoms with Crippen LogP contribution >= 0.6 is 0 Å². The average molecular weight is 288 g/mol. The molecule has 1 rings (SSSR count). The largest absolute Gasteiger partial charge is 0.494 e. The Bertz CT molecular complexity index is 493. The van der Waals surface area contributed by atoms with Crippen LogP contribution in [0.15, 0.2) is 24.3 Å². The molecule has 0 heterocycles. The molecule has 2 atom stereocenters. The van der Waals surface area contributed by atoms with Gasteiger partial charge < -0.3 is 9.84 Å². The zero-order valence-corrected chi connectivity index (χ0v) is 13.1. The molecular weight excluding hydrogens is 264 g/mol. The first-order valence-electron chi connectivity index (χ1n) is 7.43. The van der Waals surface area contributed by atoms with E-state index in [9.17, 15) is 4.79 Å². The number of ether oxygens (including phenoxy) is 1. The summed E-state index contributed by atoms with van der Waals surface area (Å²) in [5.74, 6) is 6.13. The van der Waals surface area contributed by atoms with Crippen LogP contribution in [0.1, 0.15) is 51.5 Å². The van der Waals surface area contributed by atoms with E-state index in [0.29, 0.717) is 12.5 Å². The average Bonchev–Trinajstić information content (AvgIpc) is 2.47. The fourth-order valence-electron chi connectivity index (χ4n) is 1.98. The number of benzene rings is 1. The summed E-state index contributed by atoms with van der Waals surface area (Å²) in [5.41, 5.74) is 0.918. The third kappa shape index (κ3) is 6.35. The lowest BCUT2D eigenvalue weighted by Gasteiger charge is -2.12. The fraction of sp³-hybridized carbons (Fsp3) is 0.500. The van der Waals surface area contributed by atoms with Crippen LogP contribution in [0, 0.1) is 17.8 Å². The molecule has 0 amide bonds. The second-order valence-corrected chi connectivity index (χ2v) is 5.26. The lowest BCUT2D eigenvalue weighted by Crippen LogP contribution is -2.05. The van der Waals surface area contributed by atoms with Gasteiger partial charge in [0.25, 0.3) is 0 Å². The van der Waals surface area contributed by atoms with Gasteiger partial charge in [-0.15, -0.1) is 5.92 Å². The third-order valence-electron chi connectivity index (χ3n) is 3.56. The molecule has 0 saturated heterocycles. The maximum atomic E-state index is 10.9. The van der Waals surface area contributed by atoms with Gasteiger partial charge in [-0.3, -0.25) is 4.79 Å². The van der Waals surface area contributed by atoms with Crippen molar-refractivity contribution >= 4 is 5.97 Å². The highest BCUT2D eigenvalue weighted by Crippen LogP contribution is 2.22. The molecular formula is C18H24O3. The van der Waals surface area contributed by atoms with Gasteiger partial charge in [0.05, 0.1) is 18.9 Å². The van der Waals surface area contributed by atoms with Crippen LogP contribution in [-0.4, -0.2) is 17.7 Å². The van der Waals surface area contributed by atoms with E-state index >= 15 is 0 Å². The Morgan fingerprint density at radius 1 is 1.33 bits per heavy atom. The van der Waals surface area contributed by atoms with Gasteiger partial charge in [-0.05, 0) is 37.0 Å². The topological polar surface area (TPSA) is 46.5 Å². The monoisotopic (exact) mass is 288 g/mol. The fourth-order valence-corrected chi connectivity index (χ4v) is 1.98. The molecule has 1 N–H and O–H groups in total. The maximum absolute atomic E-state index is 10.9. The molecule has 3 nitrogen and oxygen atoms in total. The molecule has 0 radical (unpaired) electrons. The highest BCUT2D eigenvalue weighted by Gasteiger charge is 2.13. The highest BCUT2D eigenvalue weighted by atomic mass is 16.5. The third-order valence-corrected chi connectivity index (χ3v) is 3.56. The van der Waals surface area contributed by atoms with E-state index in [-0.39, 0.29) is 12.3 Å². The summed E-state index contributed by atoms with van der Waals surface area (Å²) in [5, 5.41) is 8.93. The van der Waals surface area contributed by atoms with E-state index in [1.54, 1.807) is 6.92 Å². The lowest BCUT2D eigenvalue weighted by molar-refractivity contribution is -0.137. The van der Waals surface area contributed by atoms with E-state index in [1.165, 1.54) is 0 Å². The van der Waals surface area contributed by atoms with Crippen molar-refractivity contribution < 1.29 is 14.6 Å². The van der Waals surface area contributed by atoms with Crippen LogP contribution in [-0.2, 0) is 4.79 Å². The molecule has 3 heteroatoms. The maximum Gasteiger partial charge on any atom is 0.304 e. The predicted octanol–water partition coefficient (Wildman–Crippen LogP) is 4.08. The van der Waals surface area contributed by atoms with Gasteiger partial charge in [0.2, 0.25) is 0 Å². The summed E-state index contributed by atoms with van der Waals surface area (Å²) in [7, 11) is 0. The van der Waals surface area contributed by atoms with Crippen LogP contribution in [0.25, 0.3) is 0 Å². The Morgan fingerprint density at radius 2 is 2.00 bits per heavy atom. The van der Waals surface area contributed by atoms with Crippen molar-refractivity contribution in [1.29, 1.82) is 0 Å². The Morgan fingerprint density at radius 3 is 2.52 bits per heavy atom. The van der Waals surface area contributed by atoms with E-state index in [4.69, 9.17) is 9.84 Å². The number of hydrogen-bond donors (Lipinski definition) is 1. The number of carboxylic acids is 1. The quantitative estimate of drug-likeness (QED) is 0.733. The Hall–Kier alpha value is -1.95. The number of hydrogen-bond acceptors (Lipinski definition) is 2. The van der Waals surface area contributed by atoms with Gasteiger partial charge in [-0.25, -0.2) is 0 Å². The van der Waals surface area contributed by atoms with Gasteiger partial charge in [0.15, 0.2) is 0 Å². The molecule has 0 unspecified atom stereocenters. The molecule has 0 aliphatic rings. The molecule has 0 aromatic heterocycles. The highest BCUT2D eigenvalue weighted by molar-refractivity contribution is 5.69. The van der Waals surface area contributed by atoms with Crippen LogP contribution in [0.3, 0.4) is 0 Å². The summed E-state index contributed by atoms with van der Waals surface area (Å²) in [6.45, 7) is 6.83. The van der Waals surface area contributed by atoms with Gasteiger partial charge in [0.1, 0.15) is 5.75 Å². The van der Waals surface area contributed by atoms with Crippen LogP contribution in [0.5, 0.6) is 5.75 Å². The molecule has 21 heavy (non-hydrogen) atoms. The van der Waals surface area contributed by atoms with E-state index < -0.39 is 5.97 Å². The van der Waals surface area contributed by atoms with Crippen LogP contribution < -0.4 is 4.74 Å². The van der Waals surface area contributed by atoms with Crippen molar-refractivity contribution in [3.63, 3.8) is 0 Å².